The van der Waals surface area contributed by atoms with Crippen molar-refractivity contribution < 1.29 is 17.6 Å². The molecule has 3 rings (SSSR count). The van der Waals surface area contributed by atoms with Crippen molar-refractivity contribution in [3.63, 3.8) is 0 Å². The second-order valence-electron chi connectivity index (χ2n) is 6.66. The molecule has 1 saturated heterocycles. The van der Waals surface area contributed by atoms with Crippen LogP contribution in [0.4, 0.5) is 10.1 Å². The van der Waals surface area contributed by atoms with E-state index in [1.807, 2.05) is 23.1 Å². The number of nitrogens with zero attached hydrogens (tertiary/aromatic N) is 2. The van der Waals surface area contributed by atoms with Crippen LogP contribution in [0.15, 0.2) is 59.5 Å². The number of benzene rings is 2. The molecule has 1 aliphatic heterocycles. The fourth-order valence-corrected chi connectivity index (χ4v) is 4.23. The van der Waals surface area contributed by atoms with Crippen LogP contribution in [-0.2, 0) is 14.8 Å². The number of carbonyl (C=O) groups is 1. The van der Waals surface area contributed by atoms with Crippen molar-refractivity contribution in [1.29, 1.82) is 0 Å². The smallest absolute Gasteiger partial charge is 0.240 e. The fourth-order valence-electron chi connectivity index (χ4n) is 3.15. The largest absolute Gasteiger partial charge is 0.368 e. The summed E-state index contributed by atoms with van der Waals surface area (Å²) in [4.78, 5) is 16.5. The lowest BCUT2D eigenvalue weighted by Gasteiger charge is -2.36. The minimum Gasteiger partial charge on any atom is -0.368 e. The highest BCUT2D eigenvalue weighted by atomic mass is 32.2. The molecular weight excluding hydrogens is 381 g/mol. The van der Waals surface area contributed by atoms with E-state index in [-0.39, 0.29) is 23.8 Å². The second kappa shape index (κ2) is 9.16. The van der Waals surface area contributed by atoms with E-state index in [1.165, 1.54) is 12.1 Å². The number of amides is 1. The Labute approximate surface area is 165 Å². The van der Waals surface area contributed by atoms with Crippen molar-refractivity contribution in [2.75, 3.05) is 37.6 Å². The predicted molar refractivity (Wildman–Crippen MR) is 106 cm³/mol. The van der Waals surface area contributed by atoms with Gasteiger partial charge in [0, 0.05) is 44.8 Å². The summed E-state index contributed by atoms with van der Waals surface area (Å²) in [6.07, 6.45) is 0.704. The highest BCUT2D eigenvalue weighted by molar-refractivity contribution is 7.89. The third kappa shape index (κ3) is 5.30. The molecule has 6 nitrogen and oxygen atoms in total. The normalized spacial score (nSPS) is 14.9. The summed E-state index contributed by atoms with van der Waals surface area (Å²) in [6.45, 7) is 3.05. The van der Waals surface area contributed by atoms with Gasteiger partial charge in [-0.2, -0.15) is 0 Å². The first-order chi connectivity index (χ1) is 13.5. The van der Waals surface area contributed by atoms with Gasteiger partial charge in [-0.3, -0.25) is 4.79 Å². The maximum absolute atomic E-state index is 12.9. The first-order valence-electron chi connectivity index (χ1n) is 9.29. The zero-order valence-corrected chi connectivity index (χ0v) is 16.4. The van der Waals surface area contributed by atoms with E-state index in [9.17, 15) is 17.6 Å². The molecule has 8 heteroatoms. The van der Waals surface area contributed by atoms with E-state index < -0.39 is 15.8 Å². The van der Waals surface area contributed by atoms with Gasteiger partial charge in [-0.1, -0.05) is 18.2 Å². The van der Waals surface area contributed by atoms with E-state index >= 15 is 0 Å². The molecule has 1 aliphatic rings. The van der Waals surface area contributed by atoms with E-state index in [0.29, 0.717) is 19.5 Å². The Bertz CT molecular complexity index is 881. The standard InChI is InChI=1S/C20H24FN3O3S/c21-17-8-10-19(11-9-17)28(26,27)22-12-4-7-20(25)24-15-13-23(14-16-24)18-5-2-1-3-6-18/h1-3,5-6,8-11,22H,4,7,12-16H2. The summed E-state index contributed by atoms with van der Waals surface area (Å²) in [6, 6.07) is 14.7. The van der Waals surface area contributed by atoms with Crippen molar-refractivity contribution in [2.45, 2.75) is 17.7 Å². The van der Waals surface area contributed by atoms with Crippen molar-refractivity contribution in [3.8, 4) is 0 Å². The Morgan fingerprint density at radius 3 is 2.25 bits per heavy atom. The maximum atomic E-state index is 12.9. The SMILES string of the molecule is O=C(CCCNS(=O)(=O)c1ccc(F)cc1)N1CCN(c2ccccc2)CC1. The molecule has 0 atom stereocenters. The summed E-state index contributed by atoms with van der Waals surface area (Å²) in [5.41, 5.74) is 1.16. The summed E-state index contributed by atoms with van der Waals surface area (Å²) in [5, 5.41) is 0. The number of anilines is 1. The van der Waals surface area contributed by atoms with Gasteiger partial charge in [0.2, 0.25) is 15.9 Å². The van der Waals surface area contributed by atoms with Gasteiger partial charge in [0.25, 0.3) is 0 Å². The molecule has 150 valence electrons. The highest BCUT2D eigenvalue weighted by Crippen LogP contribution is 2.16. The topological polar surface area (TPSA) is 69.7 Å². The summed E-state index contributed by atoms with van der Waals surface area (Å²) >= 11 is 0. The second-order valence-corrected chi connectivity index (χ2v) is 8.43. The molecule has 1 fully saturated rings. The molecule has 1 N–H and O–H groups in total. The van der Waals surface area contributed by atoms with Crippen molar-refractivity contribution >= 4 is 21.6 Å². The summed E-state index contributed by atoms with van der Waals surface area (Å²) < 4.78 is 39.6. The number of nitrogens with one attached hydrogen (secondary N) is 1. The van der Waals surface area contributed by atoms with Crippen molar-refractivity contribution in [3.05, 3.63) is 60.4 Å². The van der Waals surface area contributed by atoms with Crippen LogP contribution in [0.1, 0.15) is 12.8 Å². The lowest BCUT2D eigenvalue weighted by molar-refractivity contribution is -0.131. The Hall–Kier alpha value is -2.45. The van der Waals surface area contributed by atoms with E-state index in [1.54, 1.807) is 0 Å². The molecule has 0 spiro atoms. The van der Waals surface area contributed by atoms with Gasteiger partial charge < -0.3 is 9.80 Å². The lowest BCUT2D eigenvalue weighted by atomic mass is 10.2. The van der Waals surface area contributed by atoms with Crippen LogP contribution in [0.3, 0.4) is 0 Å². The Balaban J connectivity index is 1.40. The lowest BCUT2D eigenvalue weighted by Crippen LogP contribution is -2.48. The number of piperazine rings is 1. The number of carbonyl (C=O) groups excluding carboxylic acids is 1. The van der Waals surface area contributed by atoms with Gasteiger partial charge in [-0.25, -0.2) is 17.5 Å². The minimum absolute atomic E-state index is 0.0114. The first-order valence-corrected chi connectivity index (χ1v) is 10.8. The molecule has 0 bridgehead atoms. The highest BCUT2D eigenvalue weighted by Gasteiger charge is 2.21. The van der Waals surface area contributed by atoms with Crippen LogP contribution in [0.2, 0.25) is 0 Å². The van der Waals surface area contributed by atoms with Gasteiger partial charge in [0.05, 0.1) is 4.90 Å². The number of rotatable bonds is 7. The van der Waals surface area contributed by atoms with E-state index in [2.05, 4.69) is 21.8 Å². The molecule has 28 heavy (non-hydrogen) atoms. The molecule has 0 unspecified atom stereocenters. The third-order valence-corrected chi connectivity index (χ3v) is 6.21. The first kappa shape index (κ1) is 20.3. The average Bonchev–Trinajstić information content (AvgIpc) is 2.72. The van der Waals surface area contributed by atoms with Crippen LogP contribution in [0.5, 0.6) is 0 Å². The van der Waals surface area contributed by atoms with Gasteiger partial charge >= 0.3 is 0 Å². The molecule has 1 heterocycles. The number of sulfonamides is 1. The Kier molecular flexibility index (Phi) is 6.64. The monoisotopic (exact) mass is 405 g/mol. The van der Waals surface area contributed by atoms with E-state index in [4.69, 9.17) is 0 Å². The van der Waals surface area contributed by atoms with Crippen LogP contribution in [-0.4, -0.2) is 51.9 Å². The molecule has 0 radical (unpaired) electrons. The zero-order valence-electron chi connectivity index (χ0n) is 15.6. The predicted octanol–water partition coefficient (Wildman–Crippen LogP) is 2.23. The molecular formula is C20H24FN3O3S. The summed E-state index contributed by atoms with van der Waals surface area (Å²) in [5.74, 6) is -0.453. The summed E-state index contributed by atoms with van der Waals surface area (Å²) in [7, 11) is -3.69. The van der Waals surface area contributed by atoms with E-state index in [0.717, 1.165) is 30.9 Å². The fraction of sp³-hybridized carbons (Fsp3) is 0.350. The molecule has 0 saturated carbocycles. The van der Waals surface area contributed by atoms with Crippen LogP contribution in [0.25, 0.3) is 0 Å². The van der Waals surface area contributed by atoms with Crippen molar-refractivity contribution in [2.24, 2.45) is 0 Å². The molecule has 1 amide bonds. The Morgan fingerprint density at radius 2 is 1.61 bits per heavy atom. The third-order valence-electron chi connectivity index (χ3n) is 4.74. The van der Waals surface area contributed by atoms with Crippen molar-refractivity contribution in [1.82, 2.24) is 9.62 Å². The van der Waals surface area contributed by atoms with Crippen LogP contribution in [0, 0.1) is 5.82 Å². The van der Waals surface area contributed by atoms with Gasteiger partial charge in [0.15, 0.2) is 0 Å². The number of para-hydroxylation sites is 1. The quantitative estimate of drug-likeness (QED) is 0.718. The van der Waals surface area contributed by atoms with Crippen LogP contribution >= 0.6 is 0 Å². The van der Waals surface area contributed by atoms with Gasteiger partial charge in [-0.15, -0.1) is 0 Å². The molecule has 2 aromatic rings. The number of hydrogen-bond donors (Lipinski definition) is 1. The zero-order chi connectivity index (χ0) is 20.0. The Morgan fingerprint density at radius 1 is 0.964 bits per heavy atom. The van der Waals surface area contributed by atoms with Gasteiger partial charge in [0.1, 0.15) is 5.82 Å². The minimum atomic E-state index is -3.69. The average molecular weight is 405 g/mol. The molecule has 0 aliphatic carbocycles. The van der Waals surface area contributed by atoms with Gasteiger partial charge in [-0.05, 0) is 42.8 Å². The maximum Gasteiger partial charge on any atom is 0.240 e. The number of hydrogen-bond acceptors (Lipinski definition) is 4. The van der Waals surface area contributed by atoms with Crippen LogP contribution < -0.4 is 9.62 Å². The number of halogens is 1. The molecule has 0 aromatic heterocycles. The molecule has 2 aromatic carbocycles.